The number of nitrogens with zero attached hydrogens (tertiary/aromatic N) is 1. The summed E-state index contributed by atoms with van der Waals surface area (Å²) < 4.78 is 31.6. The van der Waals surface area contributed by atoms with E-state index in [4.69, 9.17) is 4.74 Å². The Morgan fingerprint density at radius 1 is 1.35 bits per heavy atom. The maximum Gasteiger partial charge on any atom is 0.245 e. The van der Waals surface area contributed by atoms with Gasteiger partial charge in [-0.1, -0.05) is 24.6 Å². The van der Waals surface area contributed by atoms with Crippen molar-refractivity contribution in [1.29, 1.82) is 0 Å². The molecule has 0 aliphatic carbocycles. The lowest BCUT2D eigenvalue weighted by molar-refractivity contribution is 0.0656. The van der Waals surface area contributed by atoms with Gasteiger partial charge in [0, 0.05) is 6.54 Å². The number of ether oxygens (including phenoxy) is 1. The highest BCUT2D eigenvalue weighted by Gasteiger charge is 2.34. The van der Waals surface area contributed by atoms with Gasteiger partial charge in [0.1, 0.15) is 6.23 Å². The second-order valence-corrected chi connectivity index (χ2v) is 6.05. The summed E-state index contributed by atoms with van der Waals surface area (Å²) in [5, 5.41) is 0. The van der Waals surface area contributed by atoms with Crippen LogP contribution in [-0.2, 0) is 14.8 Å². The zero-order chi connectivity index (χ0) is 12.5. The monoisotopic (exact) mass is 255 g/mol. The maximum absolute atomic E-state index is 12.4. The topological polar surface area (TPSA) is 46.6 Å². The van der Waals surface area contributed by atoms with Gasteiger partial charge in [-0.25, -0.2) is 8.42 Å². The Morgan fingerprint density at radius 2 is 2.00 bits per heavy atom. The standard InChI is InChI=1S/C12H17NO3S/c1-3-12-13(8-9-16-12)17(14,15)11-6-4-10(2)5-7-11/h4-7,12H,3,8-9H2,1-2H3. The first kappa shape index (κ1) is 12.5. The molecule has 0 radical (unpaired) electrons. The molecule has 1 aromatic carbocycles. The lowest BCUT2D eigenvalue weighted by Crippen LogP contribution is -2.35. The first-order chi connectivity index (χ1) is 8.05. The molecule has 1 fully saturated rings. The summed E-state index contributed by atoms with van der Waals surface area (Å²) in [6.45, 7) is 4.77. The first-order valence-corrected chi connectivity index (χ1v) is 7.20. The van der Waals surface area contributed by atoms with Crippen molar-refractivity contribution in [2.45, 2.75) is 31.4 Å². The normalized spacial score (nSPS) is 21.9. The van der Waals surface area contributed by atoms with Gasteiger partial charge < -0.3 is 4.74 Å². The Balaban J connectivity index is 2.33. The molecule has 1 aliphatic heterocycles. The van der Waals surface area contributed by atoms with E-state index in [-0.39, 0.29) is 6.23 Å². The van der Waals surface area contributed by atoms with Gasteiger partial charge >= 0.3 is 0 Å². The van der Waals surface area contributed by atoms with Gasteiger partial charge in [-0.15, -0.1) is 0 Å². The minimum absolute atomic E-state index is 0.318. The summed E-state index contributed by atoms with van der Waals surface area (Å²) in [4.78, 5) is 0.340. The highest BCUT2D eigenvalue weighted by atomic mass is 32.2. The summed E-state index contributed by atoms with van der Waals surface area (Å²) in [5.41, 5.74) is 1.05. The summed E-state index contributed by atoms with van der Waals surface area (Å²) >= 11 is 0. The molecule has 4 nitrogen and oxygen atoms in total. The van der Waals surface area contributed by atoms with Gasteiger partial charge in [0.2, 0.25) is 10.0 Å². The summed E-state index contributed by atoms with van der Waals surface area (Å²) in [6.07, 6.45) is 0.353. The molecular weight excluding hydrogens is 238 g/mol. The minimum Gasteiger partial charge on any atom is -0.361 e. The molecule has 17 heavy (non-hydrogen) atoms. The average molecular weight is 255 g/mol. The smallest absolute Gasteiger partial charge is 0.245 e. The first-order valence-electron chi connectivity index (χ1n) is 5.76. The van der Waals surface area contributed by atoms with Gasteiger partial charge in [-0.2, -0.15) is 4.31 Å². The molecule has 0 N–H and O–H groups in total. The lowest BCUT2D eigenvalue weighted by atomic mass is 10.2. The van der Waals surface area contributed by atoms with Crippen molar-refractivity contribution in [3.63, 3.8) is 0 Å². The van der Waals surface area contributed by atoms with E-state index in [1.807, 2.05) is 26.0 Å². The number of hydrogen-bond acceptors (Lipinski definition) is 3. The van der Waals surface area contributed by atoms with E-state index in [0.29, 0.717) is 24.5 Å². The predicted molar refractivity (Wildman–Crippen MR) is 65.1 cm³/mol. The van der Waals surface area contributed by atoms with Gasteiger partial charge in [0.15, 0.2) is 0 Å². The highest BCUT2D eigenvalue weighted by Crippen LogP contribution is 2.23. The Kier molecular flexibility index (Phi) is 3.51. The van der Waals surface area contributed by atoms with Crippen LogP contribution in [0.4, 0.5) is 0 Å². The number of rotatable bonds is 3. The van der Waals surface area contributed by atoms with Crippen LogP contribution in [0.1, 0.15) is 18.9 Å². The van der Waals surface area contributed by atoms with Crippen LogP contribution >= 0.6 is 0 Å². The molecule has 0 aromatic heterocycles. The SMILES string of the molecule is CCC1OCCN1S(=O)(=O)c1ccc(C)cc1. The fourth-order valence-corrected chi connectivity index (χ4v) is 3.53. The average Bonchev–Trinajstić information content (AvgIpc) is 2.78. The third-order valence-electron chi connectivity index (χ3n) is 2.92. The summed E-state index contributed by atoms with van der Waals surface area (Å²) in [7, 11) is -3.41. The third-order valence-corrected chi connectivity index (χ3v) is 4.82. The molecule has 1 aromatic rings. The van der Waals surface area contributed by atoms with Crippen molar-refractivity contribution >= 4 is 10.0 Å². The molecule has 2 rings (SSSR count). The van der Waals surface area contributed by atoms with Gasteiger partial charge in [0.05, 0.1) is 11.5 Å². The van der Waals surface area contributed by atoms with Crippen LogP contribution in [0.5, 0.6) is 0 Å². The van der Waals surface area contributed by atoms with E-state index in [1.165, 1.54) is 4.31 Å². The number of benzene rings is 1. The fourth-order valence-electron chi connectivity index (χ4n) is 1.95. The molecule has 1 aliphatic rings. The van der Waals surface area contributed by atoms with Crippen LogP contribution in [0.2, 0.25) is 0 Å². The molecular formula is C12H17NO3S. The van der Waals surface area contributed by atoms with E-state index in [0.717, 1.165) is 5.56 Å². The van der Waals surface area contributed by atoms with E-state index in [9.17, 15) is 8.42 Å². The second-order valence-electron chi connectivity index (χ2n) is 4.16. The van der Waals surface area contributed by atoms with Crippen molar-refractivity contribution < 1.29 is 13.2 Å². The molecule has 0 spiro atoms. The molecule has 0 bridgehead atoms. The van der Waals surface area contributed by atoms with Crippen LogP contribution < -0.4 is 0 Å². The zero-order valence-corrected chi connectivity index (χ0v) is 10.9. The lowest BCUT2D eigenvalue weighted by Gasteiger charge is -2.21. The van der Waals surface area contributed by atoms with Crippen molar-refractivity contribution in [1.82, 2.24) is 4.31 Å². The van der Waals surface area contributed by atoms with E-state index in [2.05, 4.69) is 0 Å². The third kappa shape index (κ3) is 2.36. The van der Waals surface area contributed by atoms with E-state index >= 15 is 0 Å². The minimum atomic E-state index is -3.41. The molecule has 0 saturated carbocycles. The zero-order valence-electron chi connectivity index (χ0n) is 10.1. The van der Waals surface area contributed by atoms with Crippen molar-refractivity contribution in [3.05, 3.63) is 29.8 Å². The number of sulfonamides is 1. The number of hydrogen-bond donors (Lipinski definition) is 0. The molecule has 94 valence electrons. The van der Waals surface area contributed by atoms with Crippen LogP contribution in [0, 0.1) is 6.92 Å². The Morgan fingerprint density at radius 3 is 2.59 bits per heavy atom. The molecule has 1 unspecified atom stereocenters. The quantitative estimate of drug-likeness (QED) is 0.826. The highest BCUT2D eigenvalue weighted by molar-refractivity contribution is 7.89. The largest absolute Gasteiger partial charge is 0.361 e. The van der Waals surface area contributed by atoms with Crippen LogP contribution in [-0.4, -0.2) is 32.1 Å². The van der Waals surface area contributed by atoms with Crippen molar-refractivity contribution in [2.75, 3.05) is 13.2 Å². The maximum atomic E-state index is 12.4. The fraction of sp³-hybridized carbons (Fsp3) is 0.500. The predicted octanol–water partition coefficient (Wildman–Crippen LogP) is 1.75. The molecule has 5 heteroatoms. The molecule has 0 amide bonds. The van der Waals surface area contributed by atoms with Gasteiger partial charge in [0.25, 0.3) is 0 Å². The van der Waals surface area contributed by atoms with Crippen LogP contribution in [0.15, 0.2) is 29.2 Å². The van der Waals surface area contributed by atoms with Crippen molar-refractivity contribution in [2.24, 2.45) is 0 Å². The van der Waals surface area contributed by atoms with Crippen molar-refractivity contribution in [3.8, 4) is 0 Å². The molecule has 1 saturated heterocycles. The molecule has 1 heterocycles. The van der Waals surface area contributed by atoms with Crippen LogP contribution in [0.25, 0.3) is 0 Å². The summed E-state index contributed by atoms with van der Waals surface area (Å²) in [5.74, 6) is 0. The van der Waals surface area contributed by atoms with Gasteiger partial charge in [-0.05, 0) is 25.5 Å². The Bertz CT molecular complexity index is 481. The second kappa shape index (κ2) is 4.76. The summed E-state index contributed by atoms with van der Waals surface area (Å²) in [6, 6.07) is 6.92. The van der Waals surface area contributed by atoms with Crippen LogP contribution in [0.3, 0.4) is 0 Å². The Hall–Kier alpha value is -0.910. The number of aryl methyl sites for hydroxylation is 1. The Labute approximate surface area is 102 Å². The van der Waals surface area contributed by atoms with E-state index < -0.39 is 10.0 Å². The van der Waals surface area contributed by atoms with E-state index in [1.54, 1.807) is 12.1 Å². The van der Waals surface area contributed by atoms with Gasteiger partial charge in [-0.3, -0.25) is 0 Å². The molecule has 1 atom stereocenters.